The van der Waals surface area contributed by atoms with Crippen LogP contribution in [0.5, 0.6) is 0 Å². The Balaban J connectivity index is 1.19. The maximum absolute atomic E-state index is 16.2. The summed E-state index contributed by atoms with van der Waals surface area (Å²) in [7, 11) is 0. The van der Waals surface area contributed by atoms with E-state index < -0.39 is 0 Å². The van der Waals surface area contributed by atoms with Crippen LogP contribution in [0.1, 0.15) is 27.8 Å². The van der Waals surface area contributed by atoms with Crippen molar-refractivity contribution in [1.29, 1.82) is 0 Å². The van der Waals surface area contributed by atoms with Gasteiger partial charge in [-0.2, -0.15) is 0 Å². The number of hydrogen-bond acceptors (Lipinski definition) is 2. The van der Waals surface area contributed by atoms with Gasteiger partial charge in [-0.25, -0.2) is 8.78 Å². The Kier molecular flexibility index (Phi) is 8.83. The number of aryl methyl sites for hydroxylation is 2. The molecule has 8 aromatic carbocycles. The number of anilines is 5. The third-order valence-corrected chi connectivity index (χ3v) is 11.6. The fraction of sp³-hybridized carbons (Fsp3) is 0.0741. The third kappa shape index (κ3) is 6.00. The highest BCUT2D eigenvalue weighted by molar-refractivity contribution is 6.11. The molecule has 0 saturated heterocycles. The lowest BCUT2D eigenvalue weighted by Crippen LogP contribution is -2.34. The zero-order valence-corrected chi connectivity index (χ0v) is 32.3. The summed E-state index contributed by atoms with van der Waals surface area (Å²) in [5, 5.41) is 2.16. The van der Waals surface area contributed by atoms with Crippen LogP contribution in [0.25, 0.3) is 44.7 Å². The molecule has 0 heterocycles. The number of allylic oxidation sites excluding steroid dienone is 1. The second kappa shape index (κ2) is 14.5. The van der Waals surface area contributed by atoms with E-state index in [0.29, 0.717) is 17.8 Å². The van der Waals surface area contributed by atoms with Crippen LogP contribution in [0, 0.1) is 25.5 Å². The van der Waals surface area contributed by atoms with E-state index in [9.17, 15) is 0 Å². The van der Waals surface area contributed by atoms with Gasteiger partial charge in [0.2, 0.25) is 0 Å². The zero-order valence-electron chi connectivity index (χ0n) is 32.3. The molecule has 2 nitrogen and oxygen atoms in total. The van der Waals surface area contributed by atoms with Gasteiger partial charge in [-0.15, -0.1) is 0 Å². The Morgan fingerprint density at radius 1 is 0.517 bits per heavy atom. The Bertz CT molecular complexity index is 2930. The molecule has 8 aromatic rings. The molecule has 280 valence electrons. The number of halogens is 2. The first-order chi connectivity index (χ1) is 28.4. The Labute approximate surface area is 338 Å². The van der Waals surface area contributed by atoms with Crippen LogP contribution >= 0.6 is 0 Å². The number of hydrogen-bond donors (Lipinski definition) is 0. The van der Waals surface area contributed by atoms with E-state index in [1.807, 2.05) is 60.7 Å². The van der Waals surface area contributed by atoms with E-state index >= 15 is 8.78 Å². The van der Waals surface area contributed by atoms with Crippen LogP contribution in [0.3, 0.4) is 0 Å². The summed E-state index contributed by atoms with van der Waals surface area (Å²) >= 11 is 0. The lowest BCUT2D eigenvalue weighted by molar-refractivity contribution is 0.624. The smallest absolute Gasteiger partial charge is 0.147 e. The highest BCUT2D eigenvalue weighted by Gasteiger charge is 2.34. The van der Waals surface area contributed by atoms with Crippen LogP contribution in [0.15, 0.2) is 182 Å². The number of nitrogens with zero attached hydrogens (tertiary/aromatic N) is 2. The quantitative estimate of drug-likeness (QED) is 0.152. The minimum atomic E-state index is -0.318. The molecule has 10 rings (SSSR count). The van der Waals surface area contributed by atoms with Crippen molar-refractivity contribution >= 4 is 50.9 Å². The van der Waals surface area contributed by atoms with Gasteiger partial charge in [0.1, 0.15) is 11.6 Å². The first-order valence-electron chi connectivity index (χ1n) is 19.8. The molecule has 0 spiro atoms. The fourth-order valence-electron chi connectivity index (χ4n) is 8.95. The highest BCUT2D eigenvalue weighted by Crippen LogP contribution is 2.51. The molecule has 1 atom stereocenters. The minimum absolute atomic E-state index is 0.286. The third-order valence-electron chi connectivity index (χ3n) is 11.6. The molecule has 4 heteroatoms. The van der Waals surface area contributed by atoms with Crippen molar-refractivity contribution in [2.24, 2.45) is 0 Å². The molecule has 0 radical (unpaired) electrons. The second-order valence-electron chi connectivity index (χ2n) is 15.2. The fourth-order valence-corrected chi connectivity index (χ4v) is 8.95. The van der Waals surface area contributed by atoms with Gasteiger partial charge in [-0.3, -0.25) is 0 Å². The van der Waals surface area contributed by atoms with Gasteiger partial charge < -0.3 is 9.80 Å². The maximum Gasteiger partial charge on any atom is 0.147 e. The molecule has 58 heavy (non-hydrogen) atoms. The van der Waals surface area contributed by atoms with E-state index in [2.05, 4.69) is 127 Å². The van der Waals surface area contributed by atoms with Crippen molar-refractivity contribution in [3.63, 3.8) is 0 Å². The van der Waals surface area contributed by atoms with Gasteiger partial charge in [0.15, 0.2) is 0 Å². The van der Waals surface area contributed by atoms with Gasteiger partial charge in [-0.05, 0) is 114 Å². The molecule has 0 aromatic heterocycles. The summed E-state index contributed by atoms with van der Waals surface area (Å²) in [6, 6.07) is 56.0. The molecule has 0 fully saturated rings. The van der Waals surface area contributed by atoms with Crippen molar-refractivity contribution in [2.75, 3.05) is 9.80 Å². The van der Waals surface area contributed by atoms with Crippen molar-refractivity contribution in [2.45, 2.75) is 26.3 Å². The molecule has 1 unspecified atom stereocenters. The largest absolute Gasteiger partial charge is 0.327 e. The Hall–Kier alpha value is -7.04. The monoisotopic (exact) mass is 754 g/mol. The average Bonchev–Trinajstić information content (AvgIpc) is 3.26. The van der Waals surface area contributed by atoms with Gasteiger partial charge in [-0.1, -0.05) is 145 Å². The first-order valence-corrected chi connectivity index (χ1v) is 19.8. The molecule has 2 aliphatic rings. The molecule has 0 aliphatic heterocycles. The maximum atomic E-state index is 16.2. The van der Waals surface area contributed by atoms with E-state index in [1.54, 1.807) is 18.2 Å². The van der Waals surface area contributed by atoms with Crippen molar-refractivity contribution in [3.05, 3.63) is 221 Å². The zero-order chi connectivity index (χ0) is 39.3. The second-order valence-corrected chi connectivity index (χ2v) is 15.2. The van der Waals surface area contributed by atoms with Crippen molar-refractivity contribution < 1.29 is 8.78 Å². The summed E-state index contributed by atoms with van der Waals surface area (Å²) in [4.78, 5) is 4.25. The van der Waals surface area contributed by atoms with Gasteiger partial charge >= 0.3 is 0 Å². The standard InChI is InChI=1S/C54H40F2N2/c1-35-21-29-49(43(33-35)37-13-5-3-6-14-37)57(51-19-11-9-17-45(51)55)47-31-25-39-24-28-42-48(32-26-40-23-27-41(47)53(39)54(40)42)58(52-20-12-10-18-46(52)56)50-30-22-36(2)34-44(50)38-15-7-4-8-16-38/h3-23,25-34,48H,24H2,1-2H3. The SMILES string of the molecule is Cc1ccc(N(c2ccccc2F)c2ccc3c4c5c(ccc24)C=CC(N(c2ccccc2F)c2ccc(C)cc2-c2ccccc2)C5=CC3)c(-c2ccccc2)c1. The van der Waals surface area contributed by atoms with Crippen LogP contribution in [-0.2, 0) is 6.42 Å². The molecule has 0 amide bonds. The summed E-state index contributed by atoms with van der Waals surface area (Å²) in [6.07, 6.45) is 7.42. The molecule has 0 saturated carbocycles. The molecule has 2 aliphatic carbocycles. The van der Waals surface area contributed by atoms with Crippen LogP contribution in [0.4, 0.5) is 37.2 Å². The minimum Gasteiger partial charge on any atom is -0.327 e. The molecule has 0 bridgehead atoms. The van der Waals surface area contributed by atoms with Crippen LogP contribution in [-0.4, -0.2) is 6.04 Å². The molecular formula is C54H40F2N2. The van der Waals surface area contributed by atoms with Crippen molar-refractivity contribution in [3.8, 4) is 22.3 Å². The van der Waals surface area contributed by atoms with Crippen LogP contribution in [0.2, 0.25) is 0 Å². The highest BCUT2D eigenvalue weighted by atomic mass is 19.1. The summed E-state index contributed by atoms with van der Waals surface area (Å²) in [5.41, 5.74) is 14.6. The Morgan fingerprint density at radius 2 is 1.09 bits per heavy atom. The normalized spacial score (nSPS) is 14.0. The number of rotatable bonds is 8. The predicted octanol–water partition coefficient (Wildman–Crippen LogP) is 14.7. The molecule has 0 N–H and O–H groups in total. The van der Waals surface area contributed by atoms with Crippen molar-refractivity contribution in [1.82, 2.24) is 0 Å². The van der Waals surface area contributed by atoms with Gasteiger partial charge in [0, 0.05) is 22.2 Å². The predicted molar refractivity (Wildman–Crippen MR) is 238 cm³/mol. The van der Waals surface area contributed by atoms with E-state index in [0.717, 1.165) is 77.9 Å². The lowest BCUT2D eigenvalue weighted by Gasteiger charge is -2.39. The lowest BCUT2D eigenvalue weighted by atomic mass is 9.78. The van der Waals surface area contributed by atoms with Gasteiger partial charge in [0.05, 0.1) is 28.8 Å². The summed E-state index contributed by atoms with van der Waals surface area (Å²) < 4.78 is 32.5. The summed E-state index contributed by atoms with van der Waals surface area (Å²) in [6.45, 7) is 4.19. The van der Waals surface area contributed by atoms with E-state index in [4.69, 9.17) is 0 Å². The number of benzene rings is 8. The average molecular weight is 755 g/mol. The van der Waals surface area contributed by atoms with Gasteiger partial charge in [0.25, 0.3) is 0 Å². The molecular weight excluding hydrogens is 715 g/mol. The topological polar surface area (TPSA) is 6.48 Å². The van der Waals surface area contributed by atoms with E-state index in [-0.39, 0.29) is 17.7 Å². The Morgan fingerprint density at radius 3 is 1.74 bits per heavy atom. The number of para-hydroxylation sites is 2. The van der Waals surface area contributed by atoms with Crippen LogP contribution < -0.4 is 9.80 Å². The summed E-state index contributed by atoms with van der Waals surface area (Å²) in [5.74, 6) is -0.591. The van der Waals surface area contributed by atoms with E-state index in [1.165, 1.54) is 11.6 Å². The first kappa shape index (κ1) is 35.4.